The lowest BCUT2D eigenvalue weighted by Gasteiger charge is -2.32. The maximum absolute atomic E-state index is 13.9. The smallest absolute Gasteiger partial charge is 0.246 e. The molecule has 0 aromatic heterocycles. The maximum atomic E-state index is 13.9. The number of benzene rings is 1. The van der Waals surface area contributed by atoms with E-state index in [-0.39, 0.29) is 19.8 Å². The number of sulfonamides is 1. The fourth-order valence-electron chi connectivity index (χ4n) is 2.04. The van der Waals surface area contributed by atoms with Crippen molar-refractivity contribution in [2.45, 2.75) is 17.9 Å². The molecule has 1 aliphatic rings. The van der Waals surface area contributed by atoms with Gasteiger partial charge in [-0.1, -0.05) is 6.07 Å². The molecule has 1 aliphatic heterocycles. The molecule has 0 spiro atoms. The van der Waals surface area contributed by atoms with Crippen molar-refractivity contribution in [3.05, 3.63) is 29.6 Å². The van der Waals surface area contributed by atoms with Gasteiger partial charge >= 0.3 is 0 Å². The second-order valence-electron chi connectivity index (χ2n) is 4.54. The Morgan fingerprint density at radius 3 is 2.80 bits per heavy atom. The number of aryl methyl sites for hydroxylation is 1. The second-order valence-corrected chi connectivity index (χ2v) is 6.40. The number of ether oxygens (including phenoxy) is 1. The SMILES string of the molecule is Cc1ccc(S(=O)(=O)N2CCOCC2C(N)=O)c(F)c1. The van der Waals surface area contributed by atoms with Crippen molar-refractivity contribution >= 4 is 15.9 Å². The summed E-state index contributed by atoms with van der Waals surface area (Å²) in [6, 6.07) is 2.70. The number of rotatable bonds is 3. The first-order valence-corrected chi connectivity index (χ1v) is 7.43. The Labute approximate surface area is 116 Å². The van der Waals surface area contributed by atoms with E-state index in [9.17, 15) is 17.6 Å². The predicted octanol–water partition coefficient (Wildman–Crippen LogP) is 0.00892. The maximum Gasteiger partial charge on any atom is 0.246 e. The summed E-state index contributed by atoms with van der Waals surface area (Å²) in [4.78, 5) is 10.9. The minimum Gasteiger partial charge on any atom is -0.378 e. The number of hydrogen-bond acceptors (Lipinski definition) is 4. The molecular formula is C12H15FN2O4S. The second kappa shape index (κ2) is 5.47. The van der Waals surface area contributed by atoms with Crippen LogP contribution in [0.1, 0.15) is 5.56 Å². The van der Waals surface area contributed by atoms with E-state index in [1.54, 1.807) is 6.92 Å². The molecule has 1 amide bonds. The number of carbonyl (C=O) groups excluding carboxylic acids is 1. The number of carbonyl (C=O) groups is 1. The molecule has 1 aromatic rings. The Hall–Kier alpha value is -1.51. The molecule has 0 saturated carbocycles. The van der Waals surface area contributed by atoms with E-state index in [2.05, 4.69) is 0 Å². The van der Waals surface area contributed by atoms with Gasteiger partial charge in [0.05, 0.1) is 13.2 Å². The van der Waals surface area contributed by atoms with Gasteiger partial charge < -0.3 is 10.5 Å². The number of halogens is 1. The number of nitrogens with two attached hydrogens (primary N) is 1. The third-order valence-corrected chi connectivity index (χ3v) is 5.02. The van der Waals surface area contributed by atoms with Gasteiger partial charge in [0.1, 0.15) is 16.8 Å². The van der Waals surface area contributed by atoms with Gasteiger partial charge in [0.2, 0.25) is 15.9 Å². The van der Waals surface area contributed by atoms with Crippen LogP contribution in [-0.4, -0.2) is 44.4 Å². The normalized spacial score (nSPS) is 20.8. The van der Waals surface area contributed by atoms with E-state index in [1.165, 1.54) is 12.1 Å². The summed E-state index contributed by atoms with van der Waals surface area (Å²) < 4.78 is 44.7. The standard InChI is InChI=1S/C12H15FN2O4S/c1-8-2-3-11(9(13)6-8)20(17,18)15-4-5-19-7-10(15)12(14)16/h2-3,6,10H,4-5,7H2,1H3,(H2,14,16). The van der Waals surface area contributed by atoms with Crippen molar-refractivity contribution in [1.29, 1.82) is 0 Å². The molecule has 8 heteroatoms. The minimum atomic E-state index is -4.13. The molecule has 6 nitrogen and oxygen atoms in total. The number of nitrogens with zero attached hydrogens (tertiary/aromatic N) is 1. The summed E-state index contributed by atoms with van der Waals surface area (Å²) in [5.74, 6) is -1.67. The van der Waals surface area contributed by atoms with Crippen LogP contribution in [0.15, 0.2) is 23.1 Å². The van der Waals surface area contributed by atoms with Gasteiger partial charge in [0.25, 0.3) is 0 Å². The lowest BCUT2D eigenvalue weighted by atomic mass is 10.2. The zero-order chi connectivity index (χ0) is 14.9. The first kappa shape index (κ1) is 14.9. The lowest BCUT2D eigenvalue weighted by molar-refractivity contribution is -0.125. The van der Waals surface area contributed by atoms with Gasteiger partial charge in [-0.3, -0.25) is 4.79 Å². The molecule has 110 valence electrons. The molecule has 2 N–H and O–H groups in total. The molecule has 1 saturated heterocycles. The van der Waals surface area contributed by atoms with Gasteiger partial charge in [-0.2, -0.15) is 4.31 Å². The van der Waals surface area contributed by atoms with Crippen molar-refractivity contribution in [2.75, 3.05) is 19.8 Å². The van der Waals surface area contributed by atoms with Gasteiger partial charge in [-0.25, -0.2) is 12.8 Å². The van der Waals surface area contributed by atoms with Gasteiger partial charge in [-0.15, -0.1) is 0 Å². The summed E-state index contributed by atoms with van der Waals surface area (Å²) in [6.45, 7) is 1.63. The van der Waals surface area contributed by atoms with Crippen LogP contribution in [0.5, 0.6) is 0 Å². The Morgan fingerprint density at radius 2 is 2.20 bits per heavy atom. The van der Waals surface area contributed by atoms with Crippen molar-refractivity contribution in [3.63, 3.8) is 0 Å². The van der Waals surface area contributed by atoms with Crippen LogP contribution in [0.25, 0.3) is 0 Å². The zero-order valence-corrected chi connectivity index (χ0v) is 11.7. The topological polar surface area (TPSA) is 89.7 Å². The third-order valence-electron chi connectivity index (χ3n) is 3.08. The van der Waals surface area contributed by atoms with Crippen LogP contribution in [-0.2, 0) is 19.6 Å². The first-order valence-electron chi connectivity index (χ1n) is 5.99. The molecule has 2 rings (SSSR count). The summed E-state index contributed by atoms with van der Waals surface area (Å²) in [5.41, 5.74) is 5.78. The van der Waals surface area contributed by atoms with Crippen LogP contribution in [0.2, 0.25) is 0 Å². The molecule has 1 aromatic carbocycles. The zero-order valence-electron chi connectivity index (χ0n) is 10.9. The lowest BCUT2D eigenvalue weighted by Crippen LogP contribution is -2.54. The van der Waals surface area contributed by atoms with E-state index in [0.29, 0.717) is 5.56 Å². The quantitative estimate of drug-likeness (QED) is 0.851. The Kier molecular flexibility index (Phi) is 4.07. The Bertz CT molecular complexity index is 632. The highest BCUT2D eigenvalue weighted by atomic mass is 32.2. The molecule has 0 radical (unpaired) electrons. The van der Waals surface area contributed by atoms with Crippen molar-refractivity contribution in [2.24, 2.45) is 5.73 Å². The van der Waals surface area contributed by atoms with E-state index in [4.69, 9.17) is 10.5 Å². The monoisotopic (exact) mass is 302 g/mol. The first-order chi connectivity index (χ1) is 9.34. The molecule has 0 aliphatic carbocycles. The fourth-order valence-corrected chi connectivity index (χ4v) is 3.65. The third kappa shape index (κ3) is 2.67. The van der Waals surface area contributed by atoms with E-state index >= 15 is 0 Å². The van der Waals surface area contributed by atoms with Gasteiger partial charge in [0.15, 0.2) is 0 Å². The van der Waals surface area contributed by atoms with Crippen molar-refractivity contribution < 1.29 is 22.3 Å². The van der Waals surface area contributed by atoms with Crippen LogP contribution in [0.3, 0.4) is 0 Å². The van der Waals surface area contributed by atoms with Gasteiger partial charge in [-0.05, 0) is 24.6 Å². The Balaban J connectivity index is 2.45. The van der Waals surface area contributed by atoms with Crippen LogP contribution in [0, 0.1) is 12.7 Å². The molecule has 0 bridgehead atoms. The highest BCUT2D eigenvalue weighted by Gasteiger charge is 2.38. The van der Waals surface area contributed by atoms with Crippen LogP contribution in [0.4, 0.5) is 4.39 Å². The average Bonchev–Trinajstić information content (AvgIpc) is 2.38. The molecule has 1 atom stereocenters. The van der Waals surface area contributed by atoms with E-state index in [1.807, 2.05) is 0 Å². The average molecular weight is 302 g/mol. The van der Waals surface area contributed by atoms with Crippen molar-refractivity contribution in [1.82, 2.24) is 4.31 Å². The summed E-state index contributed by atoms with van der Waals surface area (Å²) in [5, 5.41) is 0. The van der Waals surface area contributed by atoms with Crippen LogP contribution >= 0.6 is 0 Å². The summed E-state index contributed by atoms with van der Waals surface area (Å²) in [7, 11) is -4.13. The van der Waals surface area contributed by atoms with E-state index in [0.717, 1.165) is 10.4 Å². The Morgan fingerprint density at radius 1 is 1.50 bits per heavy atom. The molecule has 1 unspecified atom stereocenters. The summed E-state index contributed by atoms with van der Waals surface area (Å²) >= 11 is 0. The highest BCUT2D eigenvalue weighted by molar-refractivity contribution is 7.89. The molecular weight excluding hydrogens is 287 g/mol. The minimum absolute atomic E-state index is 0.0384. The fraction of sp³-hybridized carbons (Fsp3) is 0.417. The van der Waals surface area contributed by atoms with Crippen molar-refractivity contribution in [3.8, 4) is 0 Å². The van der Waals surface area contributed by atoms with E-state index < -0.39 is 32.7 Å². The number of hydrogen-bond donors (Lipinski definition) is 1. The predicted molar refractivity (Wildman–Crippen MR) is 68.8 cm³/mol. The summed E-state index contributed by atoms with van der Waals surface area (Å²) in [6.07, 6.45) is 0. The van der Waals surface area contributed by atoms with Gasteiger partial charge in [0, 0.05) is 6.54 Å². The molecule has 1 fully saturated rings. The number of amides is 1. The highest BCUT2D eigenvalue weighted by Crippen LogP contribution is 2.23. The number of primary amides is 1. The van der Waals surface area contributed by atoms with Crippen LogP contribution < -0.4 is 5.73 Å². The largest absolute Gasteiger partial charge is 0.378 e. The molecule has 1 heterocycles. The molecule has 20 heavy (non-hydrogen) atoms. The number of morpholine rings is 1.